The van der Waals surface area contributed by atoms with Gasteiger partial charge in [0.2, 0.25) is 10.0 Å². The fourth-order valence-electron chi connectivity index (χ4n) is 2.66. The Labute approximate surface area is 182 Å². The van der Waals surface area contributed by atoms with Gasteiger partial charge in [0.1, 0.15) is 5.54 Å². The van der Waals surface area contributed by atoms with Gasteiger partial charge < -0.3 is 14.8 Å². The Morgan fingerprint density at radius 3 is 2.45 bits per heavy atom. The Morgan fingerprint density at radius 1 is 1.29 bits per heavy atom. The van der Waals surface area contributed by atoms with E-state index in [1.165, 1.54) is 22.5 Å². The number of hydrogen-bond donors (Lipinski definition) is 1. The van der Waals surface area contributed by atoms with Crippen molar-refractivity contribution in [1.29, 1.82) is 5.26 Å². The lowest BCUT2D eigenvalue weighted by atomic mass is 9.90. The first-order chi connectivity index (χ1) is 14.6. The van der Waals surface area contributed by atoms with E-state index in [4.69, 9.17) is 9.47 Å². The zero-order valence-corrected chi connectivity index (χ0v) is 18.6. The Bertz CT molecular complexity index is 960. The Balaban J connectivity index is 1.90. The average Bonchev–Trinajstić information content (AvgIpc) is 2.77. The van der Waals surface area contributed by atoms with Crippen molar-refractivity contribution in [3.05, 3.63) is 35.9 Å². The van der Waals surface area contributed by atoms with Gasteiger partial charge in [0.15, 0.2) is 6.61 Å². The molecule has 168 valence electrons. The van der Waals surface area contributed by atoms with Crippen molar-refractivity contribution in [2.24, 2.45) is 5.92 Å². The van der Waals surface area contributed by atoms with Crippen LogP contribution in [0.1, 0.15) is 26.3 Å². The molecule has 1 saturated heterocycles. The summed E-state index contributed by atoms with van der Waals surface area (Å²) in [6, 6.07) is 8.13. The van der Waals surface area contributed by atoms with Crippen molar-refractivity contribution in [3.63, 3.8) is 0 Å². The number of nitrogens with one attached hydrogen (secondary N) is 1. The highest BCUT2D eigenvalue weighted by Gasteiger charge is 2.30. The van der Waals surface area contributed by atoms with E-state index < -0.39 is 34.0 Å². The van der Waals surface area contributed by atoms with E-state index in [0.29, 0.717) is 31.9 Å². The topological polar surface area (TPSA) is 126 Å². The molecule has 10 heteroatoms. The fraction of sp³-hybridized carbons (Fsp3) is 0.476. The number of amides is 1. The number of carbonyl (C=O) groups excluding carboxylic acids is 2. The van der Waals surface area contributed by atoms with Crippen LogP contribution in [0.25, 0.3) is 6.08 Å². The van der Waals surface area contributed by atoms with E-state index in [0.717, 1.165) is 6.08 Å². The fourth-order valence-corrected chi connectivity index (χ4v) is 4.07. The predicted octanol–water partition coefficient (Wildman–Crippen LogP) is 1.32. The molecule has 1 aromatic carbocycles. The molecule has 1 aliphatic heterocycles. The largest absolute Gasteiger partial charge is 0.452 e. The predicted molar refractivity (Wildman–Crippen MR) is 113 cm³/mol. The minimum atomic E-state index is -3.58. The van der Waals surface area contributed by atoms with Gasteiger partial charge in [0.05, 0.1) is 24.2 Å². The Hall–Kier alpha value is -2.74. The van der Waals surface area contributed by atoms with Gasteiger partial charge in [0.25, 0.3) is 5.91 Å². The molecule has 1 aromatic rings. The number of nitrogens with zero attached hydrogens (tertiary/aromatic N) is 2. The number of nitriles is 1. The molecule has 1 fully saturated rings. The molecular formula is C21H27N3O6S. The molecule has 31 heavy (non-hydrogen) atoms. The molecule has 0 aliphatic carbocycles. The molecule has 0 unspecified atom stereocenters. The van der Waals surface area contributed by atoms with Gasteiger partial charge in [-0.15, -0.1) is 0 Å². The maximum atomic E-state index is 12.6. The summed E-state index contributed by atoms with van der Waals surface area (Å²) < 4.78 is 36.6. The minimum absolute atomic E-state index is 0.118. The zero-order valence-electron chi connectivity index (χ0n) is 17.8. The van der Waals surface area contributed by atoms with Crippen LogP contribution in [0.3, 0.4) is 0 Å². The third kappa shape index (κ3) is 6.62. The SMILES string of the molecule is CC(C)[C@](C)(C#N)NC(=O)COC(=O)/C=C/c1ccc(S(=O)(=O)N2CCOCC2)cc1. The van der Waals surface area contributed by atoms with E-state index in [1.54, 1.807) is 32.9 Å². The first-order valence-electron chi connectivity index (χ1n) is 9.83. The van der Waals surface area contributed by atoms with E-state index >= 15 is 0 Å². The average molecular weight is 450 g/mol. The van der Waals surface area contributed by atoms with Crippen LogP contribution >= 0.6 is 0 Å². The Morgan fingerprint density at radius 2 is 1.90 bits per heavy atom. The molecule has 1 heterocycles. The summed E-state index contributed by atoms with van der Waals surface area (Å²) in [5.74, 6) is -1.42. The highest BCUT2D eigenvalue weighted by atomic mass is 32.2. The summed E-state index contributed by atoms with van der Waals surface area (Å²) in [6.07, 6.45) is 2.60. The zero-order chi connectivity index (χ0) is 23.1. The highest BCUT2D eigenvalue weighted by Crippen LogP contribution is 2.18. The van der Waals surface area contributed by atoms with Crippen LogP contribution < -0.4 is 5.32 Å². The van der Waals surface area contributed by atoms with Crippen LogP contribution in [0.5, 0.6) is 0 Å². The summed E-state index contributed by atoms with van der Waals surface area (Å²) in [5.41, 5.74) is -0.456. The standard InChI is InChI=1S/C21H27N3O6S/c1-16(2)21(3,15-22)23-19(25)14-30-20(26)9-6-17-4-7-18(8-5-17)31(27,28)24-10-12-29-13-11-24/h4-9,16H,10-14H2,1-3H3,(H,23,25)/b9-6+/t21-/m0/s1. The van der Waals surface area contributed by atoms with Gasteiger partial charge in [-0.05, 0) is 36.6 Å². The molecule has 0 radical (unpaired) electrons. The number of carbonyl (C=O) groups is 2. The number of morpholine rings is 1. The molecule has 1 aliphatic rings. The Kier molecular flexibility index (Phi) is 8.33. The second kappa shape index (κ2) is 10.5. The lowest BCUT2D eigenvalue weighted by molar-refractivity contribution is -0.144. The van der Waals surface area contributed by atoms with Crippen LogP contribution in [-0.4, -0.2) is 63.0 Å². The third-order valence-corrected chi connectivity index (χ3v) is 6.94. The third-order valence-electron chi connectivity index (χ3n) is 5.03. The van der Waals surface area contributed by atoms with Crippen LogP contribution in [-0.2, 0) is 29.1 Å². The van der Waals surface area contributed by atoms with Gasteiger partial charge in [0, 0.05) is 19.2 Å². The molecule has 1 atom stereocenters. The van der Waals surface area contributed by atoms with Crippen molar-refractivity contribution >= 4 is 28.0 Å². The van der Waals surface area contributed by atoms with Gasteiger partial charge in [-0.2, -0.15) is 9.57 Å². The van der Waals surface area contributed by atoms with E-state index in [1.807, 2.05) is 6.07 Å². The number of sulfonamides is 1. The lowest BCUT2D eigenvalue weighted by Gasteiger charge is -2.27. The summed E-state index contributed by atoms with van der Waals surface area (Å²) in [5, 5.41) is 11.8. The lowest BCUT2D eigenvalue weighted by Crippen LogP contribution is -2.50. The summed E-state index contributed by atoms with van der Waals surface area (Å²) in [6.45, 7) is 6.05. The molecule has 1 N–H and O–H groups in total. The second-order valence-electron chi connectivity index (χ2n) is 7.54. The van der Waals surface area contributed by atoms with Crippen LogP contribution in [0.2, 0.25) is 0 Å². The normalized spacial score (nSPS) is 17.1. The first kappa shape index (κ1) is 24.5. The summed E-state index contributed by atoms with van der Waals surface area (Å²) in [7, 11) is -3.58. The van der Waals surface area contributed by atoms with Gasteiger partial charge in [-0.25, -0.2) is 13.2 Å². The van der Waals surface area contributed by atoms with Gasteiger partial charge >= 0.3 is 5.97 Å². The number of rotatable bonds is 8. The maximum Gasteiger partial charge on any atom is 0.331 e. The molecule has 1 amide bonds. The quantitative estimate of drug-likeness (QED) is 0.468. The minimum Gasteiger partial charge on any atom is -0.452 e. The summed E-state index contributed by atoms with van der Waals surface area (Å²) in [4.78, 5) is 23.9. The number of esters is 1. The molecule has 2 rings (SSSR count). The number of benzene rings is 1. The second-order valence-corrected chi connectivity index (χ2v) is 9.48. The monoisotopic (exact) mass is 449 g/mol. The first-order valence-corrected chi connectivity index (χ1v) is 11.3. The van der Waals surface area contributed by atoms with Crippen LogP contribution in [0, 0.1) is 17.2 Å². The molecular weight excluding hydrogens is 422 g/mol. The van der Waals surface area contributed by atoms with Gasteiger partial charge in [-0.3, -0.25) is 4.79 Å². The van der Waals surface area contributed by atoms with E-state index in [9.17, 15) is 23.3 Å². The van der Waals surface area contributed by atoms with Crippen molar-refractivity contribution in [2.75, 3.05) is 32.9 Å². The van der Waals surface area contributed by atoms with Crippen molar-refractivity contribution in [3.8, 4) is 6.07 Å². The van der Waals surface area contributed by atoms with Crippen molar-refractivity contribution in [2.45, 2.75) is 31.2 Å². The van der Waals surface area contributed by atoms with E-state index in [2.05, 4.69) is 5.32 Å². The number of ether oxygens (including phenoxy) is 2. The van der Waals surface area contributed by atoms with Crippen molar-refractivity contribution in [1.82, 2.24) is 9.62 Å². The molecule has 0 spiro atoms. The van der Waals surface area contributed by atoms with Gasteiger partial charge in [-0.1, -0.05) is 26.0 Å². The molecule has 0 bridgehead atoms. The van der Waals surface area contributed by atoms with Crippen LogP contribution in [0.4, 0.5) is 0 Å². The van der Waals surface area contributed by atoms with E-state index in [-0.39, 0.29) is 10.8 Å². The maximum absolute atomic E-state index is 12.6. The molecule has 0 aromatic heterocycles. The smallest absolute Gasteiger partial charge is 0.331 e. The van der Waals surface area contributed by atoms with Crippen LogP contribution in [0.15, 0.2) is 35.2 Å². The molecule has 9 nitrogen and oxygen atoms in total. The molecule has 0 saturated carbocycles. The van der Waals surface area contributed by atoms with Crippen molar-refractivity contribution < 1.29 is 27.5 Å². The number of hydrogen-bond acceptors (Lipinski definition) is 7. The summed E-state index contributed by atoms with van der Waals surface area (Å²) >= 11 is 0. The highest BCUT2D eigenvalue weighted by molar-refractivity contribution is 7.89.